The van der Waals surface area contributed by atoms with Gasteiger partial charge in [0.05, 0.1) is 13.2 Å². The summed E-state index contributed by atoms with van der Waals surface area (Å²) in [4.78, 5) is 11.3. The molecular weight excluding hydrogens is 281 g/mol. The molecule has 0 aliphatic rings. The molecule has 0 heterocycles. The van der Waals surface area contributed by atoms with Crippen LogP contribution in [0.5, 0.6) is 0 Å². The molecule has 0 radical (unpaired) electrons. The van der Waals surface area contributed by atoms with Gasteiger partial charge in [0.25, 0.3) is 0 Å². The highest BCUT2D eigenvalue weighted by Crippen LogP contribution is 2.53. The Morgan fingerprint density at radius 1 is 1.20 bits per heavy atom. The zero-order chi connectivity index (χ0) is 15.8. The van der Waals surface area contributed by atoms with E-state index in [9.17, 15) is 14.5 Å². The molecule has 0 aromatic rings. The Balaban J connectivity index is 5.02. The quantitative estimate of drug-likeness (QED) is 0.571. The van der Waals surface area contributed by atoms with Crippen LogP contribution in [0.3, 0.4) is 0 Å². The minimum absolute atomic E-state index is 0.222. The van der Waals surface area contributed by atoms with E-state index in [2.05, 4.69) is 5.32 Å². The molecule has 7 heteroatoms. The first kappa shape index (κ1) is 19.6. The minimum atomic E-state index is -3.34. The van der Waals surface area contributed by atoms with Gasteiger partial charge in [0.1, 0.15) is 11.8 Å². The highest BCUT2D eigenvalue weighted by atomic mass is 31.2. The van der Waals surface area contributed by atoms with Crippen LogP contribution in [0.4, 0.5) is 0 Å². The number of hydrogen-bond acceptors (Lipinski definition) is 5. The monoisotopic (exact) mass is 309 g/mol. The van der Waals surface area contributed by atoms with Crippen molar-refractivity contribution in [2.45, 2.75) is 59.3 Å². The summed E-state index contributed by atoms with van der Waals surface area (Å²) in [5, 5.41) is 12.2. The maximum atomic E-state index is 12.7. The summed E-state index contributed by atoms with van der Waals surface area (Å²) < 4.78 is 23.3. The lowest BCUT2D eigenvalue weighted by Gasteiger charge is -2.29. The summed E-state index contributed by atoms with van der Waals surface area (Å²) in [6.07, 6.45) is 0.934. The number of rotatable bonds is 11. The summed E-state index contributed by atoms with van der Waals surface area (Å²) in [6, 6.07) is -0.755. The summed E-state index contributed by atoms with van der Waals surface area (Å²) in [6.45, 7) is 9.72. The summed E-state index contributed by atoms with van der Waals surface area (Å²) >= 11 is 0. The first-order chi connectivity index (χ1) is 9.30. The summed E-state index contributed by atoms with van der Waals surface area (Å²) in [5.41, 5.74) is 0. The smallest absolute Gasteiger partial charge is 0.347 e. The van der Waals surface area contributed by atoms with E-state index in [0.717, 1.165) is 0 Å². The Morgan fingerprint density at radius 2 is 1.70 bits per heavy atom. The Bertz CT molecular complexity index is 325. The van der Waals surface area contributed by atoms with Crippen molar-refractivity contribution < 1.29 is 23.5 Å². The largest absolute Gasteiger partial charge is 0.480 e. The van der Waals surface area contributed by atoms with Crippen LogP contribution in [0.2, 0.25) is 0 Å². The maximum Gasteiger partial charge on any atom is 0.347 e. The van der Waals surface area contributed by atoms with Crippen molar-refractivity contribution in [3.63, 3.8) is 0 Å². The fourth-order valence-electron chi connectivity index (χ4n) is 1.95. The normalized spacial score (nSPS) is 15.3. The van der Waals surface area contributed by atoms with Gasteiger partial charge in [-0.15, -0.1) is 0 Å². The highest BCUT2D eigenvalue weighted by molar-refractivity contribution is 7.54. The molecule has 0 saturated heterocycles. The van der Waals surface area contributed by atoms with E-state index < -0.39 is 25.4 Å². The number of carbonyl (C=O) groups is 1. The van der Waals surface area contributed by atoms with Crippen molar-refractivity contribution in [3.05, 3.63) is 0 Å². The third-order valence-corrected chi connectivity index (χ3v) is 5.30. The van der Waals surface area contributed by atoms with Crippen LogP contribution < -0.4 is 5.32 Å². The van der Waals surface area contributed by atoms with Crippen LogP contribution in [0.15, 0.2) is 0 Å². The van der Waals surface area contributed by atoms with Crippen LogP contribution in [0.1, 0.15) is 47.5 Å². The van der Waals surface area contributed by atoms with Gasteiger partial charge < -0.3 is 14.2 Å². The molecule has 0 rings (SSSR count). The van der Waals surface area contributed by atoms with Crippen LogP contribution in [0.25, 0.3) is 0 Å². The van der Waals surface area contributed by atoms with E-state index in [1.165, 1.54) is 0 Å². The molecule has 0 aliphatic carbocycles. The number of nitrogens with one attached hydrogen (secondary N) is 1. The molecular formula is C13H28NO5P. The number of hydrogen-bond donors (Lipinski definition) is 2. The first-order valence-electron chi connectivity index (χ1n) is 7.18. The average Bonchev–Trinajstić information content (AvgIpc) is 2.33. The lowest BCUT2D eigenvalue weighted by molar-refractivity contribution is -0.140. The van der Waals surface area contributed by atoms with Crippen LogP contribution in [0, 0.1) is 5.92 Å². The van der Waals surface area contributed by atoms with Crippen LogP contribution in [-0.4, -0.2) is 36.1 Å². The summed E-state index contributed by atoms with van der Waals surface area (Å²) in [5.74, 6) is -1.33. The van der Waals surface area contributed by atoms with Gasteiger partial charge in [-0.3, -0.25) is 14.7 Å². The number of aliphatic carboxylic acids is 1. The second-order valence-corrected chi connectivity index (χ2v) is 7.21. The second kappa shape index (κ2) is 9.50. The van der Waals surface area contributed by atoms with E-state index in [1.807, 2.05) is 20.8 Å². The SMILES string of the molecule is CCOP(=O)(OCC)[C@@H](CC)NC(CC(C)C)C(=O)O. The molecule has 0 fully saturated rings. The van der Waals surface area contributed by atoms with Crippen molar-refractivity contribution >= 4 is 13.6 Å². The molecule has 2 atom stereocenters. The fraction of sp³-hybridized carbons (Fsp3) is 0.923. The van der Waals surface area contributed by atoms with Gasteiger partial charge in [-0.05, 0) is 32.6 Å². The second-order valence-electron chi connectivity index (χ2n) is 4.99. The first-order valence-corrected chi connectivity index (χ1v) is 8.79. The zero-order valence-corrected chi connectivity index (χ0v) is 14.0. The standard InChI is InChI=1S/C13H28NO5P/c1-6-12(20(17,18-7-2)19-8-3)14-11(13(15)16)9-10(4)5/h10-12,14H,6-9H2,1-5H3,(H,15,16)/t11?,12-/m0/s1. The van der Waals surface area contributed by atoms with Crippen LogP contribution in [-0.2, 0) is 18.4 Å². The Morgan fingerprint density at radius 3 is 2.00 bits per heavy atom. The topological polar surface area (TPSA) is 84.9 Å². The van der Waals surface area contributed by atoms with E-state index in [1.54, 1.807) is 13.8 Å². The number of carboxylic acids is 1. The van der Waals surface area contributed by atoms with Crippen molar-refractivity contribution in [1.82, 2.24) is 5.32 Å². The Kier molecular flexibility index (Phi) is 9.30. The average molecular weight is 309 g/mol. The van der Waals surface area contributed by atoms with Gasteiger partial charge in [-0.1, -0.05) is 20.8 Å². The molecule has 20 heavy (non-hydrogen) atoms. The van der Waals surface area contributed by atoms with Crippen molar-refractivity contribution in [3.8, 4) is 0 Å². The predicted molar refractivity (Wildman–Crippen MR) is 79.0 cm³/mol. The van der Waals surface area contributed by atoms with Crippen molar-refractivity contribution in [2.75, 3.05) is 13.2 Å². The van der Waals surface area contributed by atoms with Gasteiger partial charge in [0.15, 0.2) is 0 Å². The fourth-order valence-corrected chi connectivity index (χ4v) is 3.92. The third kappa shape index (κ3) is 6.35. The molecule has 0 saturated carbocycles. The van der Waals surface area contributed by atoms with E-state index >= 15 is 0 Å². The zero-order valence-electron chi connectivity index (χ0n) is 13.1. The molecule has 0 aromatic carbocycles. The maximum absolute atomic E-state index is 12.7. The van der Waals surface area contributed by atoms with Gasteiger partial charge in [0, 0.05) is 0 Å². The van der Waals surface area contributed by atoms with E-state index in [4.69, 9.17) is 9.05 Å². The van der Waals surface area contributed by atoms with Gasteiger partial charge in [-0.25, -0.2) is 0 Å². The van der Waals surface area contributed by atoms with E-state index in [0.29, 0.717) is 12.8 Å². The lowest BCUT2D eigenvalue weighted by Crippen LogP contribution is -2.44. The third-order valence-electron chi connectivity index (χ3n) is 2.79. The van der Waals surface area contributed by atoms with Gasteiger partial charge >= 0.3 is 13.6 Å². The molecule has 6 nitrogen and oxygen atoms in total. The molecule has 0 spiro atoms. The predicted octanol–water partition coefficient (Wildman–Crippen LogP) is 3.08. The van der Waals surface area contributed by atoms with Crippen LogP contribution >= 0.6 is 7.60 Å². The molecule has 0 amide bonds. The lowest BCUT2D eigenvalue weighted by atomic mass is 10.0. The summed E-state index contributed by atoms with van der Waals surface area (Å²) in [7, 11) is -3.34. The number of carboxylic acid groups (broad SMARTS) is 1. The van der Waals surface area contributed by atoms with E-state index in [-0.39, 0.29) is 19.1 Å². The molecule has 2 N–H and O–H groups in total. The molecule has 120 valence electrons. The van der Waals surface area contributed by atoms with Gasteiger partial charge in [0.2, 0.25) is 0 Å². The van der Waals surface area contributed by atoms with Crippen molar-refractivity contribution in [1.29, 1.82) is 0 Å². The highest BCUT2D eigenvalue weighted by Gasteiger charge is 2.37. The minimum Gasteiger partial charge on any atom is -0.480 e. The molecule has 1 unspecified atom stereocenters. The molecule has 0 aromatic heterocycles. The van der Waals surface area contributed by atoms with Gasteiger partial charge in [-0.2, -0.15) is 0 Å². The Labute approximate surface area is 121 Å². The molecule has 0 bridgehead atoms. The van der Waals surface area contributed by atoms with Crippen molar-refractivity contribution in [2.24, 2.45) is 5.92 Å². The molecule has 0 aliphatic heterocycles. The Hall–Kier alpha value is -0.420.